The summed E-state index contributed by atoms with van der Waals surface area (Å²) in [4.78, 5) is 30.5. The third-order valence-corrected chi connectivity index (χ3v) is 5.81. The van der Waals surface area contributed by atoms with Crippen molar-refractivity contribution in [1.29, 1.82) is 0 Å². The number of nitrogens with one attached hydrogen (secondary N) is 2. The van der Waals surface area contributed by atoms with Crippen molar-refractivity contribution >= 4 is 23.2 Å². The molecule has 2 saturated heterocycles. The van der Waals surface area contributed by atoms with Gasteiger partial charge in [0, 0.05) is 58.4 Å². The number of carbonyl (C=O) groups is 2. The number of hydrogen-bond donors (Lipinski definition) is 4. The van der Waals surface area contributed by atoms with E-state index >= 15 is 0 Å². The van der Waals surface area contributed by atoms with Crippen LogP contribution >= 0.6 is 0 Å². The first kappa shape index (κ1) is 24.6. The third kappa shape index (κ3) is 5.65. The molecule has 4 N–H and O–H groups in total. The van der Waals surface area contributed by atoms with Crippen LogP contribution in [0.1, 0.15) is 0 Å². The average molecular weight is 460 g/mol. The van der Waals surface area contributed by atoms with Crippen molar-refractivity contribution in [3.8, 4) is 0 Å². The van der Waals surface area contributed by atoms with Gasteiger partial charge in [-0.3, -0.25) is 9.59 Å². The Morgan fingerprint density at radius 1 is 1.24 bits per heavy atom. The molecule has 2 heterocycles. The van der Waals surface area contributed by atoms with Crippen LogP contribution < -0.4 is 20.4 Å². The van der Waals surface area contributed by atoms with Crippen LogP contribution in [-0.4, -0.2) is 93.6 Å². The van der Waals surface area contributed by atoms with Crippen molar-refractivity contribution in [2.24, 2.45) is 5.92 Å². The number of ether oxygens (including phenoxy) is 1. The van der Waals surface area contributed by atoms with Gasteiger partial charge in [0.15, 0.2) is 0 Å². The van der Waals surface area contributed by atoms with E-state index in [1.54, 1.807) is 32.3 Å². The molecule has 1 atom stereocenters. The maximum Gasteiger partial charge on any atom is 0.246 e. The van der Waals surface area contributed by atoms with Gasteiger partial charge < -0.3 is 40.3 Å². The molecule has 10 nitrogen and oxygen atoms in total. The summed E-state index contributed by atoms with van der Waals surface area (Å²) in [6.45, 7) is 1.48. The predicted octanol–water partition coefficient (Wildman–Crippen LogP) is -0.538. The second-order valence-corrected chi connectivity index (χ2v) is 8.10. The number of amides is 2. The molecule has 1 aromatic rings. The Labute approximate surface area is 194 Å². The van der Waals surface area contributed by atoms with E-state index < -0.39 is 6.10 Å². The van der Waals surface area contributed by atoms with E-state index in [1.807, 2.05) is 35.2 Å². The summed E-state index contributed by atoms with van der Waals surface area (Å²) in [6.07, 6.45) is 2.81. The third-order valence-electron chi connectivity index (χ3n) is 5.81. The van der Waals surface area contributed by atoms with Crippen molar-refractivity contribution in [3.05, 3.63) is 47.9 Å². The molecule has 2 amide bonds. The first-order valence-corrected chi connectivity index (χ1v) is 10.9. The van der Waals surface area contributed by atoms with E-state index in [0.717, 1.165) is 22.8 Å². The van der Waals surface area contributed by atoms with Crippen molar-refractivity contribution in [2.45, 2.75) is 6.10 Å². The molecule has 2 fully saturated rings. The zero-order valence-corrected chi connectivity index (χ0v) is 19.3. The fraction of sp³-hybridized carbons (Fsp3) is 0.478. The van der Waals surface area contributed by atoms with Crippen LogP contribution in [0.4, 0.5) is 11.4 Å². The standard InChI is InChI=1S/C23H33N5O5/c1-24-11-21-20(8-9-33-3)28(14-22(31)26(21)2)18-6-4-17(5-7-18)27-12-16(13-27)23(32)25-10-19(30)15-29/h4-8,11,16,19,24,29-30H,9-10,12-15H2,1-3H3,(H,25,32)/b20-8+,21-11+. The lowest BCUT2D eigenvalue weighted by Gasteiger charge is -2.41. The molecule has 0 bridgehead atoms. The van der Waals surface area contributed by atoms with Gasteiger partial charge in [-0.25, -0.2) is 0 Å². The fourth-order valence-corrected chi connectivity index (χ4v) is 3.81. The molecule has 1 unspecified atom stereocenters. The Kier molecular flexibility index (Phi) is 8.32. The Bertz CT molecular complexity index is 895. The second-order valence-electron chi connectivity index (χ2n) is 8.10. The van der Waals surface area contributed by atoms with E-state index in [0.29, 0.717) is 19.7 Å². The van der Waals surface area contributed by atoms with Crippen LogP contribution in [0, 0.1) is 5.92 Å². The summed E-state index contributed by atoms with van der Waals surface area (Å²) in [5.74, 6) is -0.287. The molecule has 0 radical (unpaired) electrons. The van der Waals surface area contributed by atoms with E-state index in [2.05, 4.69) is 15.5 Å². The number of hydrogen-bond acceptors (Lipinski definition) is 8. The molecule has 2 aliphatic heterocycles. The smallest absolute Gasteiger partial charge is 0.246 e. The highest BCUT2D eigenvalue weighted by atomic mass is 16.5. The van der Waals surface area contributed by atoms with E-state index in [9.17, 15) is 14.7 Å². The molecular formula is C23H33N5O5. The van der Waals surface area contributed by atoms with Crippen LogP contribution in [0.25, 0.3) is 0 Å². The monoisotopic (exact) mass is 459 g/mol. The molecule has 180 valence electrons. The van der Waals surface area contributed by atoms with Gasteiger partial charge in [0.1, 0.15) is 6.54 Å². The molecule has 1 aromatic carbocycles. The van der Waals surface area contributed by atoms with E-state index in [1.165, 1.54) is 0 Å². The number of carbonyl (C=O) groups excluding carboxylic acids is 2. The quantitative estimate of drug-likeness (QED) is 0.389. The first-order valence-electron chi connectivity index (χ1n) is 10.9. The van der Waals surface area contributed by atoms with Gasteiger partial charge in [-0.15, -0.1) is 0 Å². The van der Waals surface area contributed by atoms with Crippen LogP contribution in [0.15, 0.2) is 47.9 Å². The lowest BCUT2D eigenvalue weighted by Crippen LogP contribution is -2.54. The van der Waals surface area contributed by atoms with Gasteiger partial charge in [0.25, 0.3) is 0 Å². The summed E-state index contributed by atoms with van der Waals surface area (Å²) in [6, 6.07) is 7.90. The normalized spacial score (nSPS) is 20.3. The van der Waals surface area contributed by atoms with Gasteiger partial charge in [0.2, 0.25) is 11.8 Å². The average Bonchev–Trinajstić information content (AvgIpc) is 2.79. The molecule has 0 spiro atoms. The largest absolute Gasteiger partial charge is 0.394 e. The van der Waals surface area contributed by atoms with Gasteiger partial charge in [-0.05, 0) is 30.3 Å². The lowest BCUT2D eigenvalue weighted by molar-refractivity contribution is -0.127. The van der Waals surface area contributed by atoms with Crippen LogP contribution in [-0.2, 0) is 14.3 Å². The van der Waals surface area contributed by atoms with Crippen molar-refractivity contribution < 1.29 is 24.5 Å². The Balaban J connectivity index is 1.68. The number of nitrogens with zero attached hydrogens (tertiary/aromatic N) is 3. The number of likely N-dealkylation sites (N-methyl/N-ethyl adjacent to an activating group) is 1. The second kappa shape index (κ2) is 11.2. The number of rotatable bonds is 9. The zero-order valence-electron chi connectivity index (χ0n) is 19.3. The minimum atomic E-state index is -0.939. The summed E-state index contributed by atoms with van der Waals surface area (Å²) in [5, 5.41) is 23.9. The summed E-state index contributed by atoms with van der Waals surface area (Å²) in [5.41, 5.74) is 3.52. The number of methoxy groups -OCH3 is 1. The minimum Gasteiger partial charge on any atom is -0.394 e. The van der Waals surface area contributed by atoms with Crippen molar-refractivity contribution in [1.82, 2.24) is 15.5 Å². The molecule has 2 aliphatic rings. The molecule has 0 saturated carbocycles. The van der Waals surface area contributed by atoms with Crippen LogP contribution in [0.3, 0.4) is 0 Å². The van der Waals surface area contributed by atoms with Crippen molar-refractivity contribution in [3.63, 3.8) is 0 Å². The number of anilines is 2. The molecule has 3 rings (SSSR count). The molecule has 33 heavy (non-hydrogen) atoms. The molecular weight excluding hydrogens is 426 g/mol. The summed E-state index contributed by atoms with van der Waals surface area (Å²) in [7, 11) is 5.18. The van der Waals surface area contributed by atoms with E-state index in [4.69, 9.17) is 9.84 Å². The maximum atomic E-state index is 12.6. The maximum absolute atomic E-state index is 12.6. The topological polar surface area (TPSA) is 118 Å². The number of aliphatic hydroxyl groups excluding tert-OH is 2. The fourth-order valence-electron chi connectivity index (χ4n) is 3.81. The summed E-state index contributed by atoms with van der Waals surface area (Å²) >= 11 is 0. The van der Waals surface area contributed by atoms with Crippen LogP contribution in [0.5, 0.6) is 0 Å². The molecule has 0 aliphatic carbocycles. The molecule has 0 aromatic heterocycles. The predicted molar refractivity (Wildman–Crippen MR) is 125 cm³/mol. The van der Waals surface area contributed by atoms with E-state index in [-0.39, 0.29) is 37.4 Å². The highest BCUT2D eigenvalue weighted by molar-refractivity contribution is 5.88. The van der Waals surface area contributed by atoms with Gasteiger partial charge >= 0.3 is 0 Å². The zero-order chi connectivity index (χ0) is 24.0. The van der Waals surface area contributed by atoms with Crippen LogP contribution in [0.2, 0.25) is 0 Å². The number of piperazine rings is 1. The highest BCUT2D eigenvalue weighted by Gasteiger charge is 2.34. The van der Waals surface area contributed by atoms with Gasteiger partial charge in [-0.2, -0.15) is 0 Å². The van der Waals surface area contributed by atoms with Gasteiger partial charge in [-0.1, -0.05) is 0 Å². The number of aliphatic hydroxyl groups is 2. The Morgan fingerprint density at radius 3 is 2.52 bits per heavy atom. The Hall–Kier alpha value is -3.08. The first-order chi connectivity index (χ1) is 15.9. The Morgan fingerprint density at radius 2 is 1.91 bits per heavy atom. The summed E-state index contributed by atoms with van der Waals surface area (Å²) < 4.78 is 5.24. The van der Waals surface area contributed by atoms with Gasteiger partial charge in [0.05, 0.1) is 36.6 Å². The number of benzene rings is 1. The highest BCUT2D eigenvalue weighted by Crippen LogP contribution is 2.32. The minimum absolute atomic E-state index is 0.0157. The SMILES string of the molecule is CN/C=C1\C(=C/COC)N(c2ccc(N3CC(C(=O)NCC(O)CO)C3)cc2)CC(=O)N1C. The lowest BCUT2D eigenvalue weighted by atomic mass is 9.98. The molecule has 10 heteroatoms. The van der Waals surface area contributed by atoms with Crippen molar-refractivity contribution in [2.75, 3.05) is 70.4 Å².